The van der Waals surface area contributed by atoms with Crippen LogP contribution in [0, 0.1) is 0 Å². The molecule has 164 valence electrons. The minimum Gasteiger partial charge on any atom is -0.351 e. The van der Waals surface area contributed by atoms with E-state index in [9.17, 15) is 0 Å². The van der Waals surface area contributed by atoms with Crippen LogP contribution in [0.1, 0.15) is 68.2 Å². The quantitative estimate of drug-likeness (QED) is 0.447. The Morgan fingerprint density at radius 3 is 0.969 bits per heavy atom. The summed E-state index contributed by atoms with van der Waals surface area (Å²) in [6.07, 6.45) is 11.0. The van der Waals surface area contributed by atoms with Crippen molar-refractivity contribution in [2.45, 2.75) is 48.1 Å². The van der Waals surface area contributed by atoms with Crippen LogP contribution in [0.4, 0.5) is 0 Å². The Morgan fingerprint density at radius 1 is 0.500 bits per heavy atom. The van der Waals surface area contributed by atoms with Crippen LogP contribution < -0.4 is 0 Å². The molecule has 0 saturated heterocycles. The minimum absolute atomic E-state index is 0.161. The number of ether oxygens (including phenoxy) is 4. The molecule has 0 aromatic heterocycles. The maximum Gasteiger partial charge on any atom is 0.188 e. The van der Waals surface area contributed by atoms with Crippen LogP contribution in [0.25, 0.3) is 0 Å². The maximum atomic E-state index is 5.95. The fraction of sp³-hybridized carbons (Fsp3) is 0.429. The summed E-state index contributed by atoms with van der Waals surface area (Å²) >= 11 is 0. The van der Waals surface area contributed by atoms with Crippen molar-refractivity contribution in [3.05, 3.63) is 93.1 Å². The van der Waals surface area contributed by atoms with Crippen LogP contribution in [-0.2, 0) is 31.8 Å². The van der Waals surface area contributed by atoms with Gasteiger partial charge in [0.05, 0.1) is 23.7 Å². The lowest BCUT2D eigenvalue weighted by molar-refractivity contribution is -0.210. The first kappa shape index (κ1) is 19.2. The summed E-state index contributed by atoms with van der Waals surface area (Å²) < 4.78 is 23.8. The van der Waals surface area contributed by atoms with Gasteiger partial charge in [-0.15, -0.1) is 0 Å². The van der Waals surface area contributed by atoms with Gasteiger partial charge in [-0.05, 0) is 57.3 Å². The van der Waals surface area contributed by atoms with Gasteiger partial charge in [-0.1, -0.05) is 48.6 Å². The normalized spacial score (nSPS) is 30.4. The van der Waals surface area contributed by atoms with Gasteiger partial charge < -0.3 is 18.9 Å². The van der Waals surface area contributed by atoms with Crippen LogP contribution in [0.5, 0.6) is 0 Å². The Bertz CT molecular complexity index is 1040. The summed E-state index contributed by atoms with van der Waals surface area (Å²) in [4.78, 5) is 0. The van der Waals surface area contributed by atoms with Crippen molar-refractivity contribution in [2.24, 2.45) is 0 Å². The minimum atomic E-state index is -0.588. The molecule has 4 nitrogen and oxygen atoms in total. The lowest BCUT2D eigenvalue weighted by Crippen LogP contribution is -2.37. The summed E-state index contributed by atoms with van der Waals surface area (Å²) in [7, 11) is 7.06. The third-order valence-electron chi connectivity index (χ3n) is 8.91. The fourth-order valence-corrected chi connectivity index (χ4v) is 7.43. The summed E-state index contributed by atoms with van der Waals surface area (Å²) in [6.45, 7) is 0. The van der Waals surface area contributed by atoms with E-state index >= 15 is 0 Å². The highest BCUT2D eigenvalue weighted by molar-refractivity contribution is 5.61. The van der Waals surface area contributed by atoms with Gasteiger partial charge in [0.25, 0.3) is 0 Å². The topological polar surface area (TPSA) is 36.9 Å². The summed E-state index contributed by atoms with van der Waals surface area (Å²) in [5.41, 5.74) is 11.2. The number of fused-ring (bicyclic) bond motifs is 12. The number of hydrogen-bond donors (Lipinski definition) is 0. The molecule has 2 aromatic carbocycles. The van der Waals surface area contributed by atoms with E-state index in [1.54, 1.807) is 28.4 Å². The zero-order chi connectivity index (χ0) is 21.8. The highest BCUT2D eigenvalue weighted by Crippen LogP contribution is 2.60. The van der Waals surface area contributed by atoms with Crippen LogP contribution in [0.2, 0.25) is 0 Å². The first-order valence-corrected chi connectivity index (χ1v) is 11.5. The van der Waals surface area contributed by atoms with Gasteiger partial charge in [-0.3, -0.25) is 0 Å². The second-order valence-electron chi connectivity index (χ2n) is 9.79. The average molecular weight is 429 g/mol. The molecule has 0 fully saturated rings. The number of methoxy groups -OCH3 is 4. The van der Waals surface area contributed by atoms with Crippen molar-refractivity contribution in [1.82, 2.24) is 0 Å². The molecule has 7 rings (SSSR count). The summed E-state index contributed by atoms with van der Waals surface area (Å²) in [5, 5.41) is 0. The van der Waals surface area contributed by atoms with Crippen LogP contribution >= 0.6 is 0 Å². The van der Waals surface area contributed by atoms with Crippen molar-refractivity contribution < 1.29 is 18.9 Å². The molecular formula is C28H28O4. The van der Waals surface area contributed by atoms with Crippen LogP contribution in [0.15, 0.2) is 48.6 Å². The van der Waals surface area contributed by atoms with E-state index < -0.39 is 11.6 Å². The van der Waals surface area contributed by atoms with Crippen LogP contribution in [0.3, 0.4) is 0 Å². The predicted octanol–water partition coefficient (Wildman–Crippen LogP) is 4.66. The Hall–Kier alpha value is -2.24. The summed E-state index contributed by atoms with van der Waals surface area (Å²) in [6, 6.07) is 9.68. The molecule has 4 bridgehead atoms. The first-order chi connectivity index (χ1) is 15.6. The molecule has 0 radical (unpaired) electrons. The average Bonchev–Trinajstić information content (AvgIpc) is 3.52. The van der Waals surface area contributed by atoms with Crippen molar-refractivity contribution in [3.63, 3.8) is 0 Å². The maximum absolute atomic E-state index is 5.95. The number of benzene rings is 2. The van der Waals surface area contributed by atoms with Crippen molar-refractivity contribution in [1.29, 1.82) is 0 Å². The van der Waals surface area contributed by atoms with E-state index in [4.69, 9.17) is 18.9 Å². The molecule has 5 aliphatic carbocycles. The molecule has 4 unspecified atom stereocenters. The van der Waals surface area contributed by atoms with Gasteiger partial charge in [0.15, 0.2) is 11.6 Å². The van der Waals surface area contributed by atoms with Crippen molar-refractivity contribution >= 4 is 0 Å². The molecule has 2 aromatic rings. The Kier molecular flexibility index (Phi) is 3.73. The molecule has 4 heteroatoms. The van der Waals surface area contributed by atoms with Gasteiger partial charge in [0.1, 0.15) is 0 Å². The smallest absolute Gasteiger partial charge is 0.188 e. The Balaban J connectivity index is 1.30. The summed E-state index contributed by atoms with van der Waals surface area (Å²) in [5.74, 6) is -0.532. The van der Waals surface area contributed by atoms with Gasteiger partial charge in [0, 0.05) is 28.4 Å². The van der Waals surface area contributed by atoms with E-state index in [1.165, 1.54) is 44.5 Å². The molecule has 0 amide bonds. The van der Waals surface area contributed by atoms with Gasteiger partial charge >= 0.3 is 0 Å². The Labute approximate surface area is 188 Å². The third-order valence-corrected chi connectivity index (χ3v) is 8.91. The lowest BCUT2D eigenvalue weighted by atomic mass is 9.80. The van der Waals surface area contributed by atoms with Gasteiger partial charge in [0.2, 0.25) is 0 Å². The highest BCUT2D eigenvalue weighted by Gasteiger charge is 2.57. The van der Waals surface area contributed by atoms with Gasteiger partial charge in [-0.2, -0.15) is 0 Å². The van der Waals surface area contributed by atoms with E-state index in [1.807, 2.05) is 0 Å². The zero-order valence-electron chi connectivity index (χ0n) is 19.0. The van der Waals surface area contributed by atoms with Gasteiger partial charge in [-0.25, -0.2) is 0 Å². The second-order valence-corrected chi connectivity index (χ2v) is 9.79. The largest absolute Gasteiger partial charge is 0.351 e. The molecule has 32 heavy (non-hydrogen) atoms. The lowest BCUT2D eigenvalue weighted by Gasteiger charge is -2.31. The molecular weight excluding hydrogens is 400 g/mol. The zero-order valence-corrected chi connectivity index (χ0v) is 19.0. The Morgan fingerprint density at radius 2 is 0.750 bits per heavy atom. The molecule has 0 saturated carbocycles. The van der Waals surface area contributed by atoms with Crippen molar-refractivity contribution in [2.75, 3.05) is 28.4 Å². The highest BCUT2D eigenvalue weighted by atomic mass is 16.7. The van der Waals surface area contributed by atoms with E-state index in [2.05, 4.69) is 48.6 Å². The SMILES string of the molecule is COC1(OC)C2C=CC1c1cc3c(cc12)Cc1cc2c(cc1C3)C1C=CC2C1(OC)OC. The predicted molar refractivity (Wildman–Crippen MR) is 121 cm³/mol. The molecule has 0 aliphatic heterocycles. The van der Waals surface area contributed by atoms with E-state index in [-0.39, 0.29) is 23.7 Å². The third kappa shape index (κ3) is 2.00. The number of hydrogen-bond acceptors (Lipinski definition) is 4. The molecule has 0 N–H and O–H groups in total. The van der Waals surface area contributed by atoms with E-state index in [0.29, 0.717) is 0 Å². The second kappa shape index (κ2) is 6.21. The van der Waals surface area contributed by atoms with Crippen molar-refractivity contribution in [3.8, 4) is 0 Å². The molecule has 4 atom stereocenters. The molecule has 5 aliphatic rings. The monoisotopic (exact) mass is 428 g/mol. The number of rotatable bonds is 4. The first-order valence-electron chi connectivity index (χ1n) is 11.5. The standard InChI is InChI=1S/C28H28O4/c1-29-27(30-2)23-5-6-24(27)20-12-16-10-18-14-22-21(13-17(18)9-15(16)11-19(20)23)25-7-8-26(22)28(25,31-3)32-4/h5-8,11-14,23-26H,9-10H2,1-4H3. The molecule has 0 spiro atoms. The van der Waals surface area contributed by atoms with E-state index in [0.717, 1.165) is 12.8 Å². The van der Waals surface area contributed by atoms with Crippen LogP contribution in [-0.4, -0.2) is 40.0 Å². The molecule has 0 heterocycles. The fourth-order valence-electron chi connectivity index (χ4n) is 7.43.